The van der Waals surface area contributed by atoms with Crippen LogP contribution in [0.3, 0.4) is 0 Å². The molecular formula is C18H23N5OS2. The van der Waals surface area contributed by atoms with Gasteiger partial charge in [0.1, 0.15) is 5.69 Å². The van der Waals surface area contributed by atoms with E-state index in [2.05, 4.69) is 26.9 Å². The third-order valence-corrected chi connectivity index (χ3v) is 5.55. The standard InChI is InChI=1S/C18H23N5OS2/c1-5-15(25-4)13(18(3)7-9-26-17(19)23-18)6-8-20-16(24)14-11-21-12(2)10-22-14/h5-6,8,10-11H,1,7,9H2,2-4H3,(H2,19,23)(H,20,24)/b8-6+,15-13-/t18-/m0/s1. The zero-order valence-corrected chi connectivity index (χ0v) is 16.8. The number of nitrogens with zero attached hydrogens (tertiary/aromatic N) is 3. The van der Waals surface area contributed by atoms with Crippen LogP contribution in [0.15, 0.2) is 52.8 Å². The summed E-state index contributed by atoms with van der Waals surface area (Å²) in [5.41, 5.74) is 7.49. The van der Waals surface area contributed by atoms with Gasteiger partial charge in [-0.15, -0.1) is 11.8 Å². The summed E-state index contributed by atoms with van der Waals surface area (Å²) in [6.45, 7) is 7.76. The van der Waals surface area contributed by atoms with E-state index in [9.17, 15) is 4.79 Å². The predicted molar refractivity (Wildman–Crippen MR) is 111 cm³/mol. The van der Waals surface area contributed by atoms with E-state index in [-0.39, 0.29) is 11.6 Å². The van der Waals surface area contributed by atoms with E-state index in [0.29, 0.717) is 5.17 Å². The monoisotopic (exact) mass is 389 g/mol. The highest BCUT2D eigenvalue weighted by Crippen LogP contribution is 2.37. The third-order valence-electron chi connectivity index (χ3n) is 3.92. The Bertz CT molecular complexity index is 770. The zero-order valence-electron chi connectivity index (χ0n) is 15.2. The number of rotatable bonds is 6. The molecule has 1 atom stereocenters. The van der Waals surface area contributed by atoms with Crippen LogP contribution >= 0.6 is 23.5 Å². The highest BCUT2D eigenvalue weighted by atomic mass is 32.2. The number of aryl methyl sites for hydroxylation is 1. The summed E-state index contributed by atoms with van der Waals surface area (Å²) < 4.78 is 0. The van der Waals surface area contributed by atoms with Gasteiger partial charge in [-0.2, -0.15) is 0 Å². The van der Waals surface area contributed by atoms with Gasteiger partial charge in [-0.25, -0.2) is 4.98 Å². The Morgan fingerprint density at radius 3 is 2.81 bits per heavy atom. The molecule has 6 nitrogen and oxygen atoms in total. The first-order chi connectivity index (χ1) is 12.4. The van der Waals surface area contributed by atoms with E-state index in [0.717, 1.165) is 28.3 Å². The van der Waals surface area contributed by atoms with Crippen molar-refractivity contribution in [1.82, 2.24) is 15.3 Å². The lowest BCUT2D eigenvalue weighted by Crippen LogP contribution is -2.33. The van der Waals surface area contributed by atoms with E-state index < -0.39 is 5.54 Å². The van der Waals surface area contributed by atoms with E-state index in [1.807, 2.05) is 26.2 Å². The highest BCUT2D eigenvalue weighted by molar-refractivity contribution is 8.13. The number of aromatic nitrogens is 2. The van der Waals surface area contributed by atoms with Crippen LogP contribution in [0.5, 0.6) is 0 Å². The van der Waals surface area contributed by atoms with Gasteiger partial charge in [0.05, 0.1) is 17.4 Å². The van der Waals surface area contributed by atoms with Gasteiger partial charge in [-0.05, 0) is 38.2 Å². The number of nitrogens with two attached hydrogens (primary N) is 1. The molecule has 1 amide bonds. The summed E-state index contributed by atoms with van der Waals surface area (Å²) in [5, 5.41) is 3.31. The molecule has 0 unspecified atom stereocenters. The van der Waals surface area contributed by atoms with Crippen molar-refractivity contribution in [2.75, 3.05) is 12.0 Å². The highest BCUT2D eigenvalue weighted by Gasteiger charge is 2.32. The molecule has 0 saturated heterocycles. The van der Waals surface area contributed by atoms with Gasteiger partial charge in [0.15, 0.2) is 5.17 Å². The summed E-state index contributed by atoms with van der Waals surface area (Å²) in [4.78, 5) is 26.0. The molecule has 2 rings (SSSR count). The molecule has 0 fully saturated rings. The smallest absolute Gasteiger partial charge is 0.275 e. The Hall–Kier alpha value is -2.06. The number of carbonyl (C=O) groups is 1. The zero-order chi connectivity index (χ0) is 19.2. The van der Waals surface area contributed by atoms with E-state index in [4.69, 9.17) is 5.73 Å². The minimum absolute atomic E-state index is 0.266. The van der Waals surface area contributed by atoms with Gasteiger partial charge < -0.3 is 11.1 Å². The van der Waals surface area contributed by atoms with Crippen molar-refractivity contribution >= 4 is 34.6 Å². The molecule has 0 radical (unpaired) electrons. The summed E-state index contributed by atoms with van der Waals surface area (Å²) in [6, 6.07) is 0. The maximum absolute atomic E-state index is 12.2. The van der Waals surface area contributed by atoms with Crippen molar-refractivity contribution in [2.24, 2.45) is 10.7 Å². The number of thioether (sulfide) groups is 2. The van der Waals surface area contributed by atoms with Crippen molar-refractivity contribution in [3.63, 3.8) is 0 Å². The molecule has 138 valence electrons. The van der Waals surface area contributed by atoms with Crippen LogP contribution in [0.2, 0.25) is 0 Å². The third kappa shape index (κ3) is 4.98. The van der Waals surface area contributed by atoms with E-state index in [1.54, 1.807) is 42.0 Å². The number of aliphatic imine (C=N–C) groups is 1. The molecule has 0 saturated carbocycles. The van der Waals surface area contributed by atoms with Crippen LogP contribution in [0, 0.1) is 6.92 Å². The molecule has 0 aromatic carbocycles. The van der Waals surface area contributed by atoms with E-state index in [1.165, 1.54) is 6.20 Å². The molecule has 1 aromatic heterocycles. The second-order valence-corrected chi connectivity index (χ2v) is 7.82. The van der Waals surface area contributed by atoms with Gasteiger partial charge in [0, 0.05) is 23.1 Å². The summed E-state index contributed by atoms with van der Waals surface area (Å²) in [7, 11) is 0. The minimum Gasteiger partial charge on any atom is -0.379 e. The number of hydrogen-bond donors (Lipinski definition) is 2. The molecule has 1 aliphatic rings. The molecule has 1 aliphatic heterocycles. The van der Waals surface area contributed by atoms with Gasteiger partial charge in [0.2, 0.25) is 0 Å². The van der Waals surface area contributed by atoms with Crippen LogP contribution in [0.25, 0.3) is 0 Å². The molecule has 0 bridgehead atoms. The average Bonchev–Trinajstić information content (AvgIpc) is 2.61. The fraction of sp³-hybridized carbons (Fsp3) is 0.333. The lowest BCUT2D eigenvalue weighted by Gasteiger charge is -2.31. The summed E-state index contributed by atoms with van der Waals surface area (Å²) >= 11 is 3.14. The predicted octanol–water partition coefficient (Wildman–Crippen LogP) is 3.04. The molecule has 3 N–H and O–H groups in total. The molecule has 2 heterocycles. The normalized spacial score (nSPS) is 21.1. The van der Waals surface area contributed by atoms with Crippen LogP contribution in [0.1, 0.15) is 29.5 Å². The first-order valence-corrected chi connectivity index (χ1v) is 10.3. The molecule has 26 heavy (non-hydrogen) atoms. The second-order valence-electron chi connectivity index (χ2n) is 5.86. The number of amides is 1. The Labute approximate surface area is 162 Å². The van der Waals surface area contributed by atoms with E-state index >= 15 is 0 Å². The van der Waals surface area contributed by atoms with Gasteiger partial charge in [-0.1, -0.05) is 24.4 Å². The Morgan fingerprint density at radius 1 is 1.46 bits per heavy atom. The number of allylic oxidation sites excluding steroid dienone is 1. The Kier molecular flexibility index (Phi) is 7.05. The maximum atomic E-state index is 12.2. The first-order valence-electron chi connectivity index (χ1n) is 8.05. The van der Waals surface area contributed by atoms with Crippen molar-refractivity contribution in [1.29, 1.82) is 0 Å². The first kappa shape index (κ1) is 20.3. The van der Waals surface area contributed by atoms with Crippen molar-refractivity contribution < 1.29 is 4.79 Å². The fourth-order valence-corrected chi connectivity index (χ4v) is 4.14. The van der Waals surface area contributed by atoms with Gasteiger partial charge >= 0.3 is 0 Å². The maximum Gasteiger partial charge on any atom is 0.275 e. The SMILES string of the molecule is C=C/C(SC)=C(\C=C\NC(=O)c1cnc(C)cn1)[C@]1(C)CCSC(N)=N1. The molecule has 0 spiro atoms. The van der Waals surface area contributed by atoms with Gasteiger partial charge in [0.25, 0.3) is 5.91 Å². The van der Waals surface area contributed by atoms with Crippen molar-refractivity contribution in [2.45, 2.75) is 25.8 Å². The van der Waals surface area contributed by atoms with Crippen LogP contribution in [-0.2, 0) is 0 Å². The average molecular weight is 390 g/mol. The minimum atomic E-state index is -0.452. The Morgan fingerprint density at radius 2 is 2.23 bits per heavy atom. The van der Waals surface area contributed by atoms with Crippen LogP contribution in [0.4, 0.5) is 0 Å². The number of carbonyl (C=O) groups excluding carboxylic acids is 1. The largest absolute Gasteiger partial charge is 0.379 e. The van der Waals surface area contributed by atoms with Crippen LogP contribution in [-0.4, -0.2) is 38.6 Å². The molecule has 8 heteroatoms. The van der Waals surface area contributed by atoms with Crippen molar-refractivity contribution in [3.8, 4) is 0 Å². The summed E-state index contributed by atoms with van der Waals surface area (Å²) in [5.74, 6) is 0.581. The number of hydrogen-bond acceptors (Lipinski definition) is 7. The lowest BCUT2D eigenvalue weighted by molar-refractivity contribution is 0.0964. The summed E-state index contributed by atoms with van der Waals surface area (Å²) in [6.07, 6.45) is 11.1. The molecule has 0 aliphatic carbocycles. The topological polar surface area (TPSA) is 93.3 Å². The molecular weight excluding hydrogens is 366 g/mol. The molecule has 1 aromatic rings. The number of nitrogens with one attached hydrogen (secondary N) is 1. The quantitative estimate of drug-likeness (QED) is 0.727. The fourth-order valence-electron chi connectivity index (χ4n) is 2.50. The van der Waals surface area contributed by atoms with Crippen molar-refractivity contribution in [3.05, 3.63) is 59.2 Å². The Balaban J connectivity index is 2.25. The van der Waals surface area contributed by atoms with Crippen LogP contribution < -0.4 is 11.1 Å². The second kappa shape index (κ2) is 9.05. The lowest BCUT2D eigenvalue weighted by atomic mass is 9.88. The number of amidine groups is 1. The van der Waals surface area contributed by atoms with Gasteiger partial charge in [-0.3, -0.25) is 14.8 Å².